The average molecular weight is 388 g/mol. The maximum absolute atomic E-state index is 12.6. The quantitative estimate of drug-likeness (QED) is 0.800. The van der Waals surface area contributed by atoms with Crippen molar-refractivity contribution >= 4 is 11.7 Å². The summed E-state index contributed by atoms with van der Waals surface area (Å²) in [7, 11) is 0. The van der Waals surface area contributed by atoms with E-state index in [-0.39, 0.29) is 5.92 Å². The zero-order valence-corrected chi connectivity index (χ0v) is 15.5. The Morgan fingerprint density at radius 3 is 2.82 bits per heavy atom. The van der Waals surface area contributed by atoms with Crippen LogP contribution in [0.3, 0.4) is 0 Å². The van der Waals surface area contributed by atoms with E-state index in [1.807, 2.05) is 12.3 Å². The molecule has 4 rings (SSSR count). The fourth-order valence-corrected chi connectivity index (χ4v) is 3.81. The van der Waals surface area contributed by atoms with E-state index in [0.29, 0.717) is 18.9 Å². The lowest BCUT2D eigenvalue weighted by Crippen LogP contribution is -2.18. The molecule has 2 atom stereocenters. The van der Waals surface area contributed by atoms with Gasteiger partial charge in [-0.05, 0) is 42.4 Å². The molecule has 3 heterocycles. The smallest absolute Gasteiger partial charge is 0.370 e. The van der Waals surface area contributed by atoms with E-state index in [0.717, 1.165) is 37.6 Å². The molecule has 2 N–H and O–H groups in total. The number of allylic oxidation sites excluding steroid dienone is 3. The summed E-state index contributed by atoms with van der Waals surface area (Å²) in [5.74, 6) is 2.26. The van der Waals surface area contributed by atoms with Crippen LogP contribution in [0.1, 0.15) is 18.4 Å². The summed E-state index contributed by atoms with van der Waals surface area (Å²) in [5.41, 5.74) is 1.93. The molecule has 4 nitrogen and oxygen atoms in total. The maximum atomic E-state index is 12.6. The molecule has 0 bridgehead atoms. The second-order valence-corrected chi connectivity index (χ2v) is 7.41. The van der Waals surface area contributed by atoms with Gasteiger partial charge in [-0.15, -0.1) is 0 Å². The SMILES string of the molecule is FC(F)(F)C1=CCC(CNc2ccc(CC3CNC4=NCCC=C43)cn2)C=C1. The molecule has 2 aliphatic heterocycles. The van der Waals surface area contributed by atoms with Crippen molar-refractivity contribution in [1.29, 1.82) is 0 Å². The van der Waals surface area contributed by atoms with Crippen molar-refractivity contribution in [2.45, 2.75) is 25.4 Å². The Balaban J connectivity index is 1.28. The monoisotopic (exact) mass is 388 g/mol. The number of nitrogens with zero attached hydrogens (tertiary/aromatic N) is 2. The second kappa shape index (κ2) is 7.81. The topological polar surface area (TPSA) is 49.3 Å². The Hall–Kier alpha value is -2.57. The first-order chi connectivity index (χ1) is 13.5. The number of dihydropyridines is 1. The molecule has 0 spiro atoms. The number of pyridine rings is 1. The van der Waals surface area contributed by atoms with Gasteiger partial charge in [-0.1, -0.05) is 30.4 Å². The Morgan fingerprint density at radius 2 is 2.11 bits per heavy atom. The van der Waals surface area contributed by atoms with Crippen LogP contribution in [0.15, 0.2) is 58.8 Å². The van der Waals surface area contributed by atoms with E-state index in [4.69, 9.17) is 0 Å². The molecule has 7 heteroatoms. The van der Waals surface area contributed by atoms with Gasteiger partial charge in [0.2, 0.25) is 0 Å². The zero-order chi connectivity index (χ0) is 19.6. The van der Waals surface area contributed by atoms with Gasteiger partial charge in [0.05, 0.1) is 5.57 Å². The van der Waals surface area contributed by atoms with Crippen LogP contribution in [0.5, 0.6) is 0 Å². The third-order valence-electron chi connectivity index (χ3n) is 5.36. The summed E-state index contributed by atoms with van der Waals surface area (Å²) < 4.78 is 37.9. The molecule has 148 valence electrons. The predicted octanol–water partition coefficient (Wildman–Crippen LogP) is 4.05. The highest BCUT2D eigenvalue weighted by Gasteiger charge is 2.33. The summed E-state index contributed by atoms with van der Waals surface area (Å²) >= 11 is 0. The summed E-state index contributed by atoms with van der Waals surface area (Å²) in [4.78, 5) is 8.99. The molecule has 0 saturated carbocycles. The van der Waals surface area contributed by atoms with Crippen LogP contribution in [-0.4, -0.2) is 36.6 Å². The Labute approximate surface area is 162 Å². The largest absolute Gasteiger partial charge is 0.416 e. The van der Waals surface area contributed by atoms with Gasteiger partial charge in [0.15, 0.2) is 0 Å². The number of anilines is 1. The molecule has 28 heavy (non-hydrogen) atoms. The molecule has 1 aromatic heterocycles. The zero-order valence-electron chi connectivity index (χ0n) is 15.5. The van der Waals surface area contributed by atoms with E-state index < -0.39 is 11.7 Å². The molecular weight excluding hydrogens is 365 g/mol. The minimum atomic E-state index is -4.26. The number of amidine groups is 1. The van der Waals surface area contributed by atoms with Crippen LogP contribution in [0.2, 0.25) is 0 Å². The summed E-state index contributed by atoms with van der Waals surface area (Å²) in [6.07, 6.45) is 6.25. The number of rotatable bonds is 5. The summed E-state index contributed by atoms with van der Waals surface area (Å²) in [6.45, 7) is 2.33. The molecule has 1 fully saturated rings. The third-order valence-corrected chi connectivity index (χ3v) is 5.36. The van der Waals surface area contributed by atoms with E-state index in [1.54, 1.807) is 6.08 Å². The first-order valence-electron chi connectivity index (χ1n) is 9.62. The lowest BCUT2D eigenvalue weighted by atomic mass is 9.93. The van der Waals surface area contributed by atoms with Crippen molar-refractivity contribution in [2.24, 2.45) is 16.8 Å². The van der Waals surface area contributed by atoms with Gasteiger partial charge in [0, 0.05) is 31.7 Å². The van der Waals surface area contributed by atoms with Gasteiger partial charge in [-0.3, -0.25) is 4.99 Å². The van der Waals surface area contributed by atoms with Crippen LogP contribution in [0, 0.1) is 11.8 Å². The van der Waals surface area contributed by atoms with Gasteiger partial charge in [0.25, 0.3) is 0 Å². The maximum Gasteiger partial charge on any atom is 0.416 e. The lowest BCUT2D eigenvalue weighted by molar-refractivity contribution is -0.0887. The van der Waals surface area contributed by atoms with Crippen molar-refractivity contribution < 1.29 is 13.2 Å². The van der Waals surface area contributed by atoms with Gasteiger partial charge >= 0.3 is 6.18 Å². The molecule has 3 aliphatic rings. The molecule has 0 aromatic carbocycles. The minimum Gasteiger partial charge on any atom is -0.370 e. The molecule has 0 radical (unpaired) electrons. The molecule has 1 saturated heterocycles. The third kappa shape index (κ3) is 4.29. The summed E-state index contributed by atoms with van der Waals surface area (Å²) in [6, 6.07) is 4.00. The van der Waals surface area contributed by atoms with E-state index in [9.17, 15) is 13.2 Å². The van der Waals surface area contributed by atoms with E-state index in [1.165, 1.54) is 23.3 Å². The second-order valence-electron chi connectivity index (χ2n) is 7.41. The van der Waals surface area contributed by atoms with Crippen molar-refractivity contribution in [3.63, 3.8) is 0 Å². The van der Waals surface area contributed by atoms with Crippen LogP contribution in [-0.2, 0) is 6.42 Å². The minimum absolute atomic E-state index is 0.0353. The number of fused-ring (bicyclic) bond motifs is 1. The number of nitrogens with one attached hydrogen (secondary N) is 2. The van der Waals surface area contributed by atoms with Gasteiger partial charge in [0.1, 0.15) is 11.7 Å². The highest BCUT2D eigenvalue weighted by Crippen LogP contribution is 2.31. The van der Waals surface area contributed by atoms with Gasteiger partial charge < -0.3 is 10.6 Å². The van der Waals surface area contributed by atoms with Crippen LogP contribution < -0.4 is 10.6 Å². The molecule has 1 aliphatic carbocycles. The lowest BCUT2D eigenvalue weighted by Gasteiger charge is -2.18. The molecule has 0 amide bonds. The van der Waals surface area contributed by atoms with Crippen molar-refractivity contribution in [2.75, 3.05) is 25.0 Å². The van der Waals surface area contributed by atoms with E-state index in [2.05, 4.69) is 32.8 Å². The number of alkyl halides is 3. The Morgan fingerprint density at radius 1 is 1.21 bits per heavy atom. The number of hydrogen-bond acceptors (Lipinski definition) is 4. The van der Waals surface area contributed by atoms with Crippen LogP contribution in [0.4, 0.5) is 19.0 Å². The number of aromatic nitrogens is 1. The highest BCUT2D eigenvalue weighted by atomic mass is 19.4. The number of aliphatic imine (C=N–C) groups is 1. The molecule has 2 unspecified atom stereocenters. The fourth-order valence-electron chi connectivity index (χ4n) is 3.81. The number of halogens is 3. The van der Waals surface area contributed by atoms with Crippen LogP contribution >= 0.6 is 0 Å². The Kier molecular flexibility index (Phi) is 5.24. The van der Waals surface area contributed by atoms with Crippen molar-refractivity contribution in [1.82, 2.24) is 10.3 Å². The normalized spacial score (nSPS) is 24.0. The Bertz CT molecular complexity index is 834. The molecular formula is C21H23F3N4. The standard InChI is InChI=1S/C21H23F3N4/c22-21(23,24)17-6-3-14(4-7-17)11-26-19-8-5-15(12-27-19)10-16-13-28-20-18(16)2-1-9-25-20/h2-3,5-8,12,14,16H,1,4,9-11,13H2,(H,25,28)(H,26,27). The number of hydrogen-bond donors (Lipinski definition) is 2. The summed E-state index contributed by atoms with van der Waals surface area (Å²) in [5, 5.41) is 6.60. The van der Waals surface area contributed by atoms with Crippen LogP contribution in [0.25, 0.3) is 0 Å². The van der Waals surface area contributed by atoms with E-state index >= 15 is 0 Å². The molecule has 1 aromatic rings. The highest BCUT2D eigenvalue weighted by molar-refractivity contribution is 6.01. The van der Waals surface area contributed by atoms with Gasteiger partial charge in [-0.2, -0.15) is 13.2 Å². The first kappa shape index (κ1) is 18.8. The average Bonchev–Trinajstić information content (AvgIpc) is 3.10. The first-order valence-corrected chi connectivity index (χ1v) is 9.62. The fraction of sp³-hybridized carbons (Fsp3) is 0.429. The van der Waals surface area contributed by atoms with Crippen molar-refractivity contribution in [3.05, 3.63) is 59.3 Å². The van der Waals surface area contributed by atoms with Gasteiger partial charge in [-0.25, -0.2) is 4.98 Å². The van der Waals surface area contributed by atoms with Crippen molar-refractivity contribution in [3.8, 4) is 0 Å². The predicted molar refractivity (Wildman–Crippen MR) is 104 cm³/mol.